The number of ether oxygens (including phenoxy) is 2. The van der Waals surface area contributed by atoms with E-state index in [-0.39, 0.29) is 5.91 Å². The Bertz CT molecular complexity index is 663. The molecular formula is C14H13N3O3S. The molecule has 1 amide bonds. The lowest BCUT2D eigenvalue weighted by Gasteiger charge is -2.10. The number of benzene rings is 1. The van der Waals surface area contributed by atoms with Crippen LogP contribution in [0.15, 0.2) is 30.5 Å². The summed E-state index contributed by atoms with van der Waals surface area (Å²) >= 11 is 1.12. The largest absolute Gasteiger partial charge is 0.490 e. The van der Waals surface area contributed by atoms with E-state index in [0.717, 1.165) is 11.3 Å². The van der Waals surface area contributed by atoms with E-state index in [1.165, 1.54) is 6.20 Å². The van der Waals surface area contributed by atoms with Crippen molar-refractivity contribution in [3.8, 4) is 11.8 Å². The highest BCUT2D eigenvalue weighted by Gasteiger charge is 2.14. The highest BCUT2D eigenvalue weighted by molar-refractivity contribution is 7.16. The number of carbonyl (C=O) groups excluding carboxylic acids is 1. The van der Waals surface area contributed by atoms with Crippen LogP contribution >= 0.6 is 11.3 Å². The molecule has 0 radical (unpaired) electrons. The van der Waals surface area contributed by atoms with Crippen molar-refractivity contribution in [3.63, 3.8) is 0 Å². The number of nitrogens with zero attached hydrogens (tertiary/aromatic N) is 2. The molecule has 0 aliphatic rings. The third-order valence-electron chi connectivity index (χ3n) is 2.51. The molecule has 1 heterocycles. The van der Waals surface area contributed by atoms with E-state index in [2.05, 4.69) is 10.3 Å². The standard InChI is InChI=1S/C14H13N3O3S/c1-19-6-7-20-12-5-3-2-4-11(12)13(18)17-14-16-9-10(8-15)21-14/h2-5,9H,6-7H2,1H3,(H,16,17,18). The zero-order chi connectivity index (χ0) is 15.1. The van der Waals surface area contributed by atoms with E-state index in [0.29, 0.717) is 34.5 Å². The molecule has 0 bridgehead atoms. The number of aromatic nitrogens is 1. The number of methoxy groups -OCH3 is 1. The average molecular weight is 303 g/mol. The van der Waals surface area contributed by atoms with Crippen LogP contribution in [0.4, 0.5) is 5.13 Å². The molecule has 0 unspecified atom stereocenters. The number of hydrogen-bond acceptors (Lipinski definition) is 6. The van der Waals surface area contributed by atoms with E-state index >= 15 is 0 Å². The van der Waals surface area contributed by atoms with Crippen molar-refractivity contribution in [2.24, 2.45) is 0 Å². The second-order valence-corrected chi connectivity index (χ2v) is 4.96. The van der Waals surface area contributed by atoms with E-state index < -0.39 is 0 Å². The Labute approximate surface area is 126 Å². The summed E-state index contributed by atoms with van der Waals surface area (Å²) in [5.74, 6) is 0.144. The Morgan fingerprint density at radius 2 is 2.24 bits per heavy atom. The molecular weight excluding hydrogens is 290 g/mol. The molecule has 0 fully saturated rings. The van der Waals surface area contributed by atoms with Gasteiger partial charge in [0.15, 0.2) is 5.13 Å². The van der Waals surface area contributed by atoms with Gasteiger partial charge in [-0.25, -0.2) is 4.98 Å². The number of para-hydroxylation sites is 1. The second kappa shape index (κ2) is 7.38. The summed E-state index contributed by atoms with van der Waals surface area (Å²) in [6, 6.07) is 8.89. The summed E-state index contributed by atoms with van der Waals surface area (Å²) in [7, 11) is 1.58. The summed E-state index contributed by atoms with van der Waals surface area (Å²) in [4.78, 5) is 16.6. The fraction of sp³-hybridized carbons (Fsp3) is 0.214. The molecule has 6 nitrogen and oxygen atoms in total. The first-order valence-electron chi connectivity index (χ1n) is 6.12. The van der Waals surface area contributed by atoms with Gasteiger partial charge < -0.3 is 9.47 Å². The zero-order valence-corrected chi connectivity index (χ0v) is 12.1. The Hall–Kier alpha value is -2.43. The topological polar surface area (TPSA) is 84.2 Å². The van der Waals surface area contributed by atoms with Gasteiger partial charge in [-0.1, -0.05) is 23.5 Å². The lowest BCUT2D eigenvalue weighted by molar-refractivity contribution is 0.101. The molecule has 2 aromatic rings. The molecule has 0 saturated carbocycles. The Morgan fingerprint density at radius 3 is 2.95 bits per heavy atom. The smallest absolute Gasteiger partial charge is 0.261 e. The quantitative estimate of drug-likeness (QED) is 0.828. The van der Waals surface area contributed by atoms with Crippen LogP contribution in [0, 0.1) is 11.3 Å². The molecule has 0 spiro atoms. The SMILES string of the molecule is COCCOc1ccccc1C(=O)Nc1ncc(C#N)s1. The molecule has 0 atom stereocenters. The number of anilines is 1. The lowest BCUT2D eigenvalue weighted by atomic mass is 10.2. The molecule has 2 rings (SSSR count). The number of nitrogens with one attached hydrogen (secondary N) is 1. The van der Waals surface area contributed by atoms with E-state index in [4.69, 9.17) is 14.7 Å². The van der Waals surface area contributed by atoms with Crippen molar-refractivity contribution in [1.29, 1.82) is 5.26 Å². The number of amides is 1. The van der Waals surface area contributed by atoms with Crippen molar-refractivity contribution in [1.82, 2.24) is 4.98 Å². The lowest BCUT2D eigenvalue weighted by Crippen LogP contribution is -2.14. The minimum absolute atomic E-state index is 0.332. The zero-order valence-electron chi connectivity index (χ0n) is 11.3. The van der Waals surface area contributed by atoms with E-state index in [1.807, 2.05) is 6.07 Å². The van der Waals surface area contributed by atoms with Crippen LogP contribution in [-0.4, -0.2) is 31.2 Å². The number of carbonyl (C=O) groups is 1. The van der Waals surface area contributed by atoms with Gasteiger partial charge in [-0.2, -0.15) is 5.26 Å². The fourth-order valence-corrected chi connectivity index (χ4v) is 2.17. The predicted molar refractivity (Wildman–Crippen MR) is 78.6 cm³/mol. The Balaban J connectivity index is 2.09. The summed E-state index contributed by atoms with van der Waals surface area (Å²) in [6.45, 7) is 0.796. The number of hydrogen-bond donors (Lipinski definition) is 1. The fourth-order valence-electron chi connectivity index (χ4n) is 1.56. The van der Waals surface area contributed by atoms with Crippen molar-refractivity contribution in [2.45, 2.75) is 0 Å². The maximum Gasteiger partial charge on any atom is 0.261 e. The summed E-state index contributed by atoms with van der Waals surface area (Å²) in [5.41, 5.74) is 0.405. The van der Waals surface area contributed by atoms with Gasteiger partial charge >= 0.3 is 0 Å². The van der Waals surface area contributed by atoms with Crippen LogP contribution in [0.3, 0.4) is 0 Å². The van der Waals surface area contributed by atoms with Gasteiger partial charge in [0.05, 0.1) is 18.4 Å². The van der Waals surface area contributed by atoms with Crippen molar-refractivity contribution < 1.29 is 14.3 Å². The van der Waals surface area contributed by atoms with Crippen LogP contribution in [-0.2, 0) is 4.74 Å². The predicted octanol–water partition coefficient (Wildman–Crippen LogP) is 2.29. The molecule has 0 aliphatic carbocycles. The van der Waals surface area contributed by atoms with Gasteiger partial charge in [0.1, 0.15) is 23.3 Å². The Kier molecular flexibility index (Phi) is 5.26. The third kappa shape index (κ3) is 4.02. The average Bonchev–Trinajstić information content (AvgIpc) is 2.95. The summed E-state index contributed by atoms with van der Waals surface area (Å²) in [5, 5.41) is 11.8. The number of rotatable bonds is 6. The van der Waals surface area contributed by atoms with Crippen LogP contribution < -0.4 is 10.1 Å². The van der Waals surface area contributed by atoms with Crippen LogP contribution in [0.2, 0.25) is 0 Å². The minimum Gasteiger partial charge on any atom is -0.490 e. The molecule has 7 heteroatoms. The van der Waals surface area contributed by atoms with Gasteiger partial charge in [0, 0.05) is 7.11 Å². The first-order valence-corrected chi connectivity index (χ1v) is 6.94. The molecule has 0 saturated heterocycles. The highest BCUT2D eigenvalue weighted by Crippen LogP contribution is 2.22. The van der Waals surface area contributed by atoms with Gasteiger partial charge in [-0.15, -0.1) is 0 Å². The third-order valence-corrected chi connectivity index (χ3v) is 3.33. The van der Waals surface area contributed by atoms with Crippen LogP contribution in [0.1, 0.15) is 15.2 Å². The van der Waals surface area contributed by atoms with E-state index in [9.17, 15) is 4.79 Å². The second-order valence-electron chi connectivity index (χ2n) is 3.93. The number of thiazole rings is 1. The van der Waals surface area contributed by atoms with E-state index in [1.54, 1.807) is 31.4 Å². The molecule has 1 aromatic heterocycles. The molecule has 108 valence electrons. The van der Waals surface area contributed by atoms with Crippen LogP contribution in [0.25, 0.3) is 0 Å². The molecule has 1 N–H and O–H groups in total. The first kappa shape index (κ1) is 15.0. The maximum absolute atomic E-state index is 12.2. The normalized spacial score (nSPS) is 9.90. The summed E-state index contributed by atoms with van der Waals surface area (Å²) < 4.78 is 10.4. The molecule has 21 heavy (non-hydrogen) atoms. The number of nitriles is 1. The maximum atomic E-state index is 12.2. The highest BCUT2D eigenvalue weighted by atomic mass is 32.1. The minimum atomic E-state index is -0.332. The van der Waals surface area contributed by atoms with Crippen molar-refractivity contribution in [2.75, 3.05) is 25.6 Å². The van der Waals surface area contributed by atoms with Gasteiger partial charge in [-0.3, -0.25) is 10.1 Å². The Morgan fingerprint density at radius 1 is 1.43 bits per heavy atom. The van der Waals surface area contributed by atoms with Gasteiger partial charge in [0.25, 0.3) is 5.91 Å². The molecule has 1 aromatic carbocycles. The summed E-state index contributed by atoms with van der Waals surface area (Å²) in [6.07, 6.45) is 1.42. The van der Waals surface area contributed by atoms with Gasteiger partial charge in [-0.05, 0) is 12.1 Å². The first-order chi connectivity index (χ1) is 10.2. The molecule has 0 aliphatic heterocycles. The van der Waals surface area contributed by atoms with Gasteiger partial charge in [0.2, 0.25) is 0 Å². The van der Waals surface area contributed by atoms with Crippen molar-refractivity contribution >= 4 is 22.4 Å². The van der Waals surface area contributed by atoms with Crippen LogP contribution in [0.5, 0.6) is 5.75 Å². The monoisotopic (exact) mass is 303 g/mol. The van der Waals surface area contributed by atoms with Crippen molar-refractivity contribution in [3.05, 3.63) is 40.9 Å².